The number of hydrogen-bond donors (Lipinski definition) is 1. The van der Waals surface area contributed by atoms with E-state index in [1.54, 1.807) is 36.2 Å². The Morgan fingerprint density at radius 1 is 1.14 bits per heavy atom. The number of fused-ring (bicyclic) bond motifs is 1. The molecular formula is C15H20N4O2. The van der Waals surface area contributed by atoms with Crippen LogP contribution >= 0.6 is 0 Å². The quantitative estimate of drug-likeness (QED) is 0.889. The number of carbonyl (C=O) groups excluding carboxylic acids is 1. The zero-order valence-corrected chi connectivity index (χ0v) is 12.6. The lowest BCUT2D eigenvalue weighted by atomic mass is 10.1. The van der Waals surface area contributed by atoms with Gasteiger partial charge in [-0.25, -0.2) is 5.10 Å². The van der Waals surface area contributed by atoms with Crippen LogP contribution in [0.4, 0.5) is 0 Å². The molecule has 0 aliphatic carbocycles. The molecule has 0 aliphatic heterocycles. The molecule has 21 heavy (non-hydrogen) atoms. The van der Waals surface area contributed by atoms with Crippen LogP contribution in [0, 0.1) is 0 Å². The molecule has 0 atom stereocenters. The number of rotatable bonds is 5. The molecule has 0 unspecified atom stereocenters. The van der Waals surface area contributed by atoms with E-state index in [1.807, 2.05) is 14.1 Å². The number of aromatic nitrogens is 2. The number of nitrogens with one attached hydrogen (secondary N) is 1. The first-order valence-electron chi connectivity index (χ1n) is 6.88. The highest BCUT2D eigenvalue weighted by Crippen LogP contribution is 2.13. The molecule has 2 rings (SSSR count). The summed E-state index contributed by atoms with van der Waals surface area (Å²) in [6.45, 7) is 1.56. The fraction of sp³-hybridized carbons (Fsp3) is 0.400. The first-order chi connectivity index (χ1) is 10.0. The summed E-state index contributed by atoms with van der Waals surface area (Å²) in [5.41, 5.74) is 0.00923. The van der Waals surface area contributed by atoms with Crippen LogP contribution in [0.5, 0.6) is 0 Å². The van der Waals surface area contributed by atoms with Crippen LogP contribution in [0.2, 0.25) is 0 Å². The fourth-order valence-electron chi connectivity index (χ4n) is 2.18. The third-order valence-electron chi connectivity index (χ3n) is 3.34. The van der Waals surface area contributed by atoms with Crippen LogP contribution in [0.15, 0.2) is 29.1 Å². The third-order valence-corrected chi connectivity index (χ3v) is 3.34. The largest absolute Gasteiger partial charge is 0.340 e. The van der Waals surface area contributed by atoms with Crippen LogP contribution in [-0.4, -0.2) is 60.1 Å². The van der Waals surface area contributed by atoms with E-state index in [0.29, 0.717) is 17.3 Å². The van der Waals surface area contributed by atoms with Crippen molar-refractivity contribution in [3.05, 3.63) is 40.3 Å². The summed E-state index contributed by atoms with van der Waals surface area (Å²) in [6, 6.07) is 7.01. The molecule has 1 amide bonds. The lowest BCUT2D eigenvalue weighted by molar-refractivity contribution is 0.0786. The summed E-state index contributed by atoms with van der Waals surface area (Å²) in [5.74, 6) is -0.179. The maximum atomic E-state index is 12.5. The van der Waals surface area contributed by atoms with Crippen LogP contribution < -0.4 is 5.56 Å². The van der Waals surface area contributed by atoms with Crippen molar-refractivity contribution in [1.29, 1.82) is 0 Å². The van der Waals surface area contributed by atoms with E-state index in [2.05, 4.69) is 15.1 Å². The molecule has 0 spiro atoms. The molecule has 0 saturated carbocycles. The van der Waals surface area contributed by atoms with E-state index < -0.39 is 0 Å². The van der Waals surface area contributed by atoms with E-state index >= 15 is 0 Å². The van der Waals surface area contributed by atoms with Crippen molar-refractivity contribution in [2.24, 2.45) is 0 Å². The van der Waals surface area contributed by atoms with Gasteiger partial charge in [0, 0.05) is 19.0 Å². The van der Waals surface area contributed by atoms with Crippen molar-refractivity contribution in [2.75, 3.05) is 34.2 Å². The second kappa shape index (κ2) is 6.49. The number of carbonyl (C=O) groups is 1. The molecule has 1 N–H and O–H groups in total. The summed E-state index contributed by atoms with van der Waals surface area (Å²) in [5, 5.41) is 7.40. The van der Waals surface area contributed by atoms with E-state index in [4.69, 9.17) is 0 Å². The van der Waals surface area contributed by atoms with Gasteiger partial charge in [-0.3, -0.25) is 9.59 Å². The molecule has 1 heterocycles. The van der Waals surface area contributed by atoms with Gasteiger partial charge in [0.1, 0.15) is 0 Å². The molecule has 6 nitrogen and oxygen atoms in total. The average molecular weight is 288 g/mol. The number of aromatic amines is 1. The van der Waals surface area contributed by atoms with Crippen molar-refractivity contribution in [3.8, 4) is 0 Å². The smallest absolute Gasteiger partial charge is 0.274 e. The third kappa shape index (κ3) is 3.46. The monoisotopic (exact) mass is 288 g/mol. The second-order valence-corrected chi connectivity index (χ2v) is 5.33. The van der Waals surface area contributed by atoms with Gasteiger partial charge in [0.2, 0.25) is 0 Å². The lowest BCUT2D eigenvalue weighted by Gasteiger charge is -2.18. The SMILES string of the molecule is CN(C)CCCN(C)C(=O)c1n[nH]c(=O)c2ccccc12. The number of amides is 1. The summed E-state index contributed by atoms with van der Waals surface area (Å²) in [7, 11) is 5.75. The maximum absolute atomic E-state index is 12.5. The topological polar surface area (TPSA) is 69.3 Å². The lowest BCUT2D eigenvalue weighted by Crippen LogP contribution is -2.31. The van der Waals surface area contributed by atoms with Gasteiger partial charge in [-0.1, -0.05) is 18.2 Å². The number of benzene rings is 1. The van der Waals surface area contributed by atoms with Gasteiger partial charge in [-0.2, -0.15) is 5.10 Å². The second-order valence-electron chi connectivity index (χ2n) is 5.33. The molecule has 0 fully saturated rings. The van der Waals surface area contributed by atoms with Crippen molar-refractivity contribution in [3.63, 3.8) is 0 Å². The molecule has 2 aromatic rings. The normalized spacial score (nSPS) is 11.0. The molecule has 0 radical (unpaired) electrons. The van der Waals surface area contributed by atoms with Crippen molar-refractivity contribution in [1.82, 2.24) is 20.0 Å². The van der Waals surface area contributed by atoms with E-state index in [0.717, 1.165) is 13.0 Å². The van der Waals surface area contributed by atoms with Gasteiger partial charge in [0.05, 0.1) is 5.39 Å². The van der Waals surface area contributed by atoms with Crippen molar-refractivity contribution >= 4 is 16.7 Å². The minimum absolute atomic E-state index is 0.179. The molecule has 0 aliphatic rings. The van der Waals surface area contributed by atoms with Crippen LogP contribution in [0.25, 0.3) is 10.8 Å². The Morgan fingerprint density at radius 3 is 2.48 bits per heavy atom. The number of nitrogens with zero attached hydrogens (tertiary/aromatic N) is 3. The summed E-state index contributed by atoms with van der Waals surface area (Å²) >= 11 is 0. The van der Waals surface area contributed by atoms with Gasteiger partial charge in [0.25, 0.3) is 11.5 Å². The Kier molecular flexibility index (Phi) is 4.70. The fourth-order valence-corrected chi connectivity index (χ4v) is 2.18. The van der Waals surface area contributed by atoms with Crippen molar-refractivity contribution in [2.45, 2.75) is 6.42 Å². The highest BCUT2D eigenvalue weighted by Gasteiger charge is 2.17. The van der Waals surface area contributed by atoms with Gasteiger partial charge in [0.15, 0.2) is 5.69 Å². The van der Waals surface area contributed by atoms with Crippen molar-refractivity contribution < 1.29 is 4.79 Å². The highest BCUT2D eigenvalue weighted by atomic mass is 16.2. The van der Waals surface area contributed by atoms with Crippen LogP contribution in [0.1, 0.15) is 16.9 Å². The molecule has 0 bridgehead atoms. The van der Waals surface area contributed by atoms with Gasteiger partial charge >= 0.3 is 0 Å². The zero-order chi connectivity index (χ0) is 15.4. The van der Waals surface area contributed by atoms with Crippen LogP contribution in [0.3, 0.4) is 0 Å². The van der Waals surface area contributed by atoms with Gasteiger partial charge < -0.3 is 9.80 Å². The maximum Gasteiger partial charge on any atom is 0.274 e. The molecule has 1 aromatic heterocycles. The molecular weight excluding hydrogens is 268 g/mol. The Morgan fingerprint density at radius 2 is 1.81 bits per heavy atom. The Hall–Kier alpha value is -2.21. The highest BCUT2D eigenvalue weighted by molar-refractivity contribution is 6.04. The summed E-state index contributed by atoms with van der Waals surface area (Å²) < 4.78 is 0. The van der Waals surface area contributed by atoms with Crippen LogP contribution in [-0.2, 0) is 0 Å². The Balaban J connectivity index is 2.23. The summed E-state index contributed by atoms with van der Waals surface area (Å²) in [6.07, 6.45) is 0.885. The minimum Gasteiger partial charge on any atom is -0.340 e. The number of hydrogen-bond acceptors (Lipinski definition) is 4. The first kappa shape index (κ1) is 15.2. The number of H-pyrrole nitrogens is 1. The predicted octanol–water partition coefficient (Wildman–Crippen LogP) is 0.947. The average Bonchev–Trinajstić information content (AvgIpc) is 2.47. The molecule has 1 aromatic carbocycles. The molecule has 0 saturated heterocycles. The summed E-state index contributed by atoms with van der Waals surface area (Å²) in [4.78, 5) is 27.9. The minimum atomic E-state index is -0.280. The van der Waals surface area contributed by atoms with E-state index in [1.165, 1.54) is 0 Å². The van der Waals surface area contributed by atoms with E-state index in [-0.39, 0.29) is 17.2 Å². The Labute approximate surface area is 123 Å². The van der Waals surface area contributed by atoms with Gasteiger partial charge in [-0.15, -0.1) is 0 Å². The first-order valence-corrected chi connectivity index (χ1v) is 6.88. The molecule has 6 heteroatoms. The van der Waals surface area contributed by atoms with Gasteiger partial charge in [-0.05, 0) is 33.1 Å². The van der Waals surface area contributed by atoms with E-state index in [9.17, 15) is 9.59 Å². The zero-order valence-electron chi connectivity index (χ0n) is 12.6. The standard InChI is InChI=1S/C15H20N4O2/c1-18(2)9-6-10-19(3)15(21)13-11-7-4-5-8-12(11)14(20)17-16-13/h4-5,7-8H,6,9-10H2,1-3H3,(H,17,20). The Bertz CT molecular complexity index is 693. The predicted molar refractivity (Wildman–Crippen MR) is 82.5 cm³/mol. The molecule has 112 valence electrons.